The normalized spacial score (nSPS) is 14.8. The maximum absolute atomic E-state index is 12.9. The summed E-state index contributed by atoms with van der Waals surface area (Å²) in [7, 11) is -9.79. The van der Waals surface area contributed by atoms with Crippen LogP contribution in [-0.2, 0) is 55.8 Å². The molecule has 0 bridgehead atoms. The van der Waals surface area contributed by atoms with E-state index in [0.717, 1.165) is 103 Å². The van der Waals surface area contributed by atoms with Crippen molar-refractivity contribution in [2.45, 2.75) is 309 Å². The van der Waals surface area contributed by atoms with Gasteiger partial charge in [-0.3, -0.25) is 32.5 Å². The molecule has 0 saturated heterocycles. The lowest BCUT2D eigenvalue weighted by Crippen LogP contribution is -2.30. The molecule has 5 unspecified atom stereocenters. The Hall–Kier alpha value is -3.79. The van der Waals surface area contributed by atoms with Gasteiger partial charge in [0.05, 0.1) is 26.4 Å². The smallest absolute Gasteiger partial charge is 0.463 e. The van der Waals surface area contributed by atoms with Gasteiger partial charge in [-0.15, -0.1) is 0 Å². The fraction of sp³-hybridized carbons (Fsp3) is 0.720. The molecular weight excluding hydrogens is 1220 g/mol. The number of esters is 3. The van der Waals surface area contributed by atoms with E-state index < -0.39 is 91.5 Å². The van der Waals surface area contributed by atoms with Gasteiger partial charge in [-0.2, -0.15) is 0 Å². The molecule has 0 fully saturated rings. The number of ether oxygens (including phenoxy) is 3. The number of carbonyl (C=O) groups excluding carboxylic acids is 3. The summed E-state index contributed by atoms with van der Waals surface area (Å²) in [5, 5.41) is 20.6. The van der Waals surface area contributed by atoms with Crippen molar-refractivity contribution in [1.29, 1.82) is 0 Å². The molecule has 0 aliphatic heterocycles. The van der Waals surface area contributed by atoms with Gasteiger partial charge in [0.1, 0.15) is 25.4 Å². The van der Waals surface area contributed by atoms with Crippen LogP contribution in [0.4, 0.5) is 0 Å². The molecule has 0 aromatic rings. The lowest BCUT2D eigenvalue weighted by molar-refractivity contribution is -0.161. The Labute approximate surface area is 564 Å². The summed E-state index contributed by atoms with van der Waals surface area (Å²) in [6.45, 7) is 2.45. The van der Waals surface area contributed by atoms with Gasteiger partial charge in [-0.05, 0) is 103 Å². The van der Waals surface area contributed by atoms with Crippen molar-refractivity contribution in [2.75, 3.05) is 39.6 Å². The standard InChI is InChI=1S/C75H130O16P2/c1-4-7-10-13-16-19-22-24-26-28-29-30-31-32-33-34-35-36-37-38-39-41-43-44-47-49-52-55-58-61-73(78)85-64-70(76)65-87-92(81,82)88-66-71(77)67-89-93(83,84)90-69-72(91-75(80)63-60-57-54-51-46-21-18-15-12-9-6-3)68-86-74(79)62-59-56-53-50-48-45-42-40-27-25-23-20-17-14-11-8-5-2/h8,11,16-17,19-20,24-27,29-30,32-33,42,45,50,53,70-72,76-77H,4-7,9-10,12-15,18,21-23,28,31,34-41,43-44,46-49,51-52,54-69H2,1-3H3,(H,81,82)(H,83,84)/b11-8-,19-16-,20-17-,26-24-,27-25-,30-29-,33-32-,45-42-,53-50-. The third kappa shape index (κ3) is 69.4. The minimum Gasteiger partial charge on any atom is -0.463 e. The number of phosphoric ester groups is 2. The lowest BCUT2D eigenvalue weighted by Gasteiger charge is -2.21. The zero-order valence-electron chi connectivity index (χ0n) is 58.1. The number of allylic oxidation sites excluding steroid dienone is 18. The summed E-state index contributed by atoms with van der Waals surface area (Å²) in [6, 6.07) is 0. The molecule has 0 aromatic heterocycles. The van der Waals surface area contributed by atoms with Crippen molar-refractivity contribution < 1.29 is 75.8 Å². The second-order valence-corrected chi connectivity index (χ2v) is 26.9. The van der Waals surface area contributed by atoms with Gasteiger partial charge in [0.15, 0.2) is 6.10 Å². The Morgan fingerprint density at radius 1 is 0.312 bits per heavy atom. The Bertz CT molecular complexity index is 2130. The maximum atomic E-state index is 12.9. The molecule has 536 valence electrons. The zero-order valence-corrected chi connectivity index (χ0v) is 59.9. The molecule has 0 aliphatic carbocycles. The quantitative estimate of drug-likeness (QED) is 0.0146. The van der Waals surface area contributed by atoms with Gasteiger partial charge in [-0.1, -0.05) is 278 Å². The molecule has 16 nitrogen and oxygen atoms in total. The average Bonchev–Trinajstić information content (AvgIpc) is 2.35. The summed E-state index contributed by atoms with van der Waals surface area (Å²) in [6.07, 6.45) is 77.4. The fourth-order valence-electron chi connectivity index (χ4n) is 9.47. The number of unbranched alkanes of at least 4 members (excludes halogenated alkanes) is 27. The Kier molecular flexibility index (Phi) is 65.4. The highest BCUT2D eigenvalue weighted by atomic mass is 31.2. The molecule has 0 rings (SSSR count). The minimum atomic E-state index is -4.93. The lowest BCUT2D eigenvalue weighted by atomic mass is 10.0. The first-order valence-corrected chi connectivity index (χ1v) is 39.2. The van der Waals surface area contributed by atoms with Crippen LogP contribution >= 0.6 is 15.6 Å². The van der Waals surface area contributed by atoms with Gasteiger partial charge >= 0.3 is 33.6 Å². The van der Waals surface area contributed by atoms with Crippen LogP contribution in [0.5, 0.6) is 0 Å². The van der Waals surface area contributed by atoms with Gasteiger partial charge in [0, 0.05) is 19.3 Å². The van der Waals surface area contributed by atoms with Crippen LogP contribution in [0.3, 0.4) is 0 Å². The van der Waals surface area contributed by atoms with E-state index >= 15 is 0 Å². The number of aliphatic hydroxyl groups is 2. The SMILES string of the molecule is CC/C=C\C/C=C\C/C=C\C/C=C\C/C=C\CCCC(=O)OCC(COP(=O)(O)OCC(O)COP(=O)(O)OCC(O)COC(=O)CCCCCCCCCCCCCCC/C=C\C/C=C\C/C=C\C/C=C\CCCCC)OC(=O)CCCCCCCCCCCCC. The minimum absolute atomic E-state index is 0.0926. The third-order valence-electron chi connectivity index (χ3n) is 15.0. The van der Waals surface area contributed by atoms with E-state index in [0.29, 0.717) is 25.7 Å². The third-order valence-corrected chi connectivity index (χ3v) is 16.9. The number of phosphoric acid groups is 2. The maximum Gasteiger partial charge on any atom is 0.472 e. The van der Waals surface area contributed by atoms with Crippen LogP contribution in [-0.4, -0.2) is 95.9 Å². The van der Waals surface area contributed by atoms with Crippen LogP contribution < -0.4 is 0 Å². The summed E-state index contributed by atoms with van der Waals surface area (Å²) < 4.78 is 60.8. The summed E-state index contributed by atoms with van der Waals surface area (Å²) >= 11 is 0. The van der Waals surface area contributed by atoms with E-state index in [9.17, 15) is 43.5 Å². The summed E-state index contributed by atoms with van der Waals surface area (Å²) in [4.78, 5) is 58.3. The molecule has 18 heteroatoms. The van der Waals surface area contributed by atoms with Crippen LogP contribution in [0.1, 0.15) is 290 Å². The largest absolute Gasteiger partial charge is 0.472 e. The number of aliphatic hydroxyl groups excluding tert-OH is 2. The fourth-order valence-corrected chi connectivity index (χ4v) is 11.1. The zero-order chi connectivity index (χ0) is 68.1. The molecule has 0 heterocycles. The van der Waals surface area contributed by atoms with Crippen molar-refractivity contribution in [3.63, 3.8) is 0 Å². The van der Waals surface area contributed by atoms with Crippen LogP contribution in [0.2, 0.25) is 0 Å². The van der Waals surface area contributed by atoms with Crippen LogP contribution in [0, 0.1) is 0 Å². The second-order valence-electron chi connectivity index (χ2n) is 24.0. The van der Waals surface area contributed by atoms with Crippen molar-refractivity contribution >= 4 is 33.6 Å². The number of rotatable bonds is 68. The van der Waals surface area contributed by atoms with Crippen LogP contribution in [0.15, 0.2) is 109 Å². The monoisotopic (exact) mass is 1350 g/mol. The Balaban J connectivity index is 4.46. The van der Waals surface area contributed by atoms with Gasteiger partial charge in [0.25, 0.3) is 0 Å². The molecule has 0 spiro atoms. The Morgan fingerprint density at radius 2 is 0.581 bits per heavy atom. The first-order valence-electron chi connectivity index (χ1n) is 36.2. The summed E-state index contributed by atoms with van der Waals surface area (Å²) in [5.74, 6) is -1.64. The predicted molar refractivity (Wildman–Crippen MR) is 380 cm³/mol. The molecule has 0 amide bonds. The summed E-state index contributed by atoms with van der Waals surface area (Å²) in [5.41, 5.74) is 0. The van der Waals surface area contributed by atoms with Gasteiger partial charge in [-0.25, -0.2) is 9.13 Å². The molecule has 93 heavy (non-hydrogen) atoms. The van der Waals surface area contributed by atoms with E-state index in [-0.39, 0.29) is 19.3 Å². The molecule has 0 aromatic carbocycles. The van der Waals surface area contributed by atoms with Crippen molar-refractivity contribution in [1.82, 2.24) is 0 Å². The van der Waals surface area contributed by atoms with E-state index in [2.05, 4.69) is 118 Å². The van der Waals surface area contributed by atoms with Crippen LogP contribution in [0.25, 0.3) is 0 Å². The highest BCUT2D eigenvalue weighted by molar-refractivity contribution is 7.47. The molecule has 5 atom stereocenters. The van der Waals surface area contributed by atoms with E-state index in [1.807, 2.05) is 12.2 Å². The van der Waals surface area contributed by atoms with E-state index in [4.69, 9.17) is 32.3 Å². The van der Waals surface area contributed by atoms with Crippen molar-refractivity contribution in [3.05, 3.63) is 109 Å². The molecule has 0 saturated carbocycles. The Morgan fingerprint density at radius 3 is 0.968 bits per heavy atom. The molecule has 0 radical (unpaired) electrons. The first kappa shape index (κ1) is 89.2. The predicted octanol–water partition coefficient (Wildman–Crippen LogP) is 20.4. The topological polar surface area (TPSA) is 231 Å². The van der Waals surface area contributed by atoms with E-state index in [1.165, 1.54) is 122 Å². The number of hydrogen-bond donors (Lipinski definition) is 4. The first-order chi connectivity index (χ1) is 45.2. The molecular formula is C75H130O16P2. The number of carbonyl (C=O) groups is 3. The van der Waals surface area contributed by atoms with Crippen molar-refractivity contribution in [3.8, 4) is 0 Å². The van der Waals surface area contributed by atoms with Crippen molar-refractivity contribution in [2.24, 2.45) is 0 Å². The van der Waals surface area contributed by atoms with Gasteiger partial charge in [0.2, 0.25) is 0 Å². The second kappa shape index (κ2) is 68.2. The highest BCUT2D eigenvalue weighted by Crippen LogP contribution is 2.45. The van der Waals surface area contributed by atoms with Gasteiger partial charge < -0.3 is 34.2 Å². The number of hydrogen-bond acceptors (Lipinski definition) is 14. The highest BCUT2D eigenvalue weighted by Gasteiger charge is 2.29. The average molecular weight is 1350 g/mol. The molecule has 4 N–H and O–H groups in total. The molecule has 0 aliphatic rings. The van der Waals surface area contributed by atoms with E-state index in [1.54, 1.807) is 0 Å².